The number of rotatable bonds is 6. The summed E-state index contributed by atoms with van der Waals surface area (Å²) in [5.41, 5.74) is 6.53. The number of hydrogen-bond donors (Lipinski definition) is 1. The summed E-state index contributed by atoms with van der Waals surface area (Å²) in [5.74, 6) is 0.533. The number of hydrogen-bond acceptors (Lipinski definition) is 3. The molecule has 1 aromatic heterocycles. The molecule has 1 heterocycles. The van der Waals surface area contributed by atoms with Gasteiger partial charge in [-0.05, 0) is 31.6 Å². The van der Waals surface area contributed by atoms with Gasteiger partial charge >= 0.3 is 0 Å². The SMILES string of the molecule is CCCCN(CC)Cc1nc(N)ccc1Cl. The number of unbranched alkanes of at least 4 members (excludes halogenated alkanes) is 1. The van der Waals surface area contributed by atoms with Crippen LogP contribution in [0, 0.1) is 0 Å². The van der Waals surface area contributed by atoms with Crippen LogP contribution in [-0.4, -0.2) is 23.0 Å². The topological polar surface area (TPSA) is 42.2 Å². The Bertz CT molecular complexity index is 328. The summed E-state index contributed by atoms with van der Waals surface area (Å²) in [6.07, 6.45) is 2.41. The molecule has 0 spiro atoms. The molecule has 1 rings (SSSR count). The van der Waals surface area contributed by atoms with Crippen LogP contribution in [0.5, 0.6) is 0 Å². The van der Waals surface area contributed by atoms with E-state index < -0.39 is 0 Å². The minimum Gasteiger partial charge on any atom is -0.384 e. The summed E-state index contributed by atoms with van der Waals surface area (Å²) in [4.78, 5) is 6.60. The number of aromatic nitrogens is 1. The van der Waals surface area contributed by atoms with E-state index in [0.717, 1.165) is 25.3 Å². The van der Waals surface area contributed by atoms with Gasteiger partial charge in [0.1, 0.15) is 5.82 Å². The Morgan fingerprint density at radius 2 is 2.12 bits per heavy atom. The van der Waals surface area contributed by atoms with Crippen molar-refractivity contribution in [3.05, 3.63) is 22.8 Å². The molecule has 0 aliphatic carbocycles. The molecule has 0 saturated heterocycles. The summed E-state index contributed by atoms with van der Waals surface area (Å²) < 4.78 is 0. The van der Waals surface area contributed by atoms with Crippen molar-refractivity contribution < 1.29 is 0 Å². The predicted molar refractivity (Wildman–Crippen MR) is 69.5 cm³/mol. The van der Waals surface area contributed by atoms with Crippen molar-refractivity contribution in [2.24, 2.45) is 0 Å². The third-order valence-electron chi connectivity index (χ3n) is 2.59. The number of nitrogens with two attached hydrogens (primary N) is 1. The van der Waals surface area contributed by atoms with Gasteiger partial charge in [0.05, 0.1) is 10.7 Å². The van der Waals surface area contributed by atoms with E-state index >= 15 is 0 Å². The second-order valence-corrected chi connectivity index (χ2v) is 4.29. The van der Waals surface area contributed by atoms with Crippen molar-refractivity contribution >= 4 is 17.4 Å². The smallest absolute Gasteiger partial charge is 0.123 e. The molecule has 0 bridgehead atoms. The lowest BCUT2D eigenvalue weighted by Gasteiger charge is -2.20. The van der Waals surface area contributed by atoms with E-state index in [4.69, 9.17) is 17.3 Å². The van der Waals surface area contributed by atoms with Crippen molar-refractivity contribution in [1.29, 1.82) is 0 Å². The Kier molecular flexibility index (Phi) is 5.56. The van der Waals surface area contributed by atoms with E-state index in [2.05, 4.69) is 23.7 Å². The molecule has 0 unspecified atom stereocenters. The zero-order chi connectivity index (χ0) is 12.0. The molecule has 0 aliphatic heterocycles. The fraction of sp³-hybridized carbons (Fsp3) is 0.583. The second kappa shape index (κ2) is 6.71. The largest absolute Gasteiger partial charge is 0.384 e. The molecule has 0 saturated carbocycles. The summed E-state index contributed by atoms with van der Waals surface area (Å²) in [5, 5.41) is 0.698. The maximum Gasteiger partial charge on any atom is 0.123 e. The van der Waals surface area contributed by atoms with Crippen LogP contribution in [0.1, 0.15) is 32.4 Å². The average molecular weight is 242 g/mol. The molecule has 3 nitrogen and oxygen atoms in total. The van der Waals surface area contributed by atoms with Crippen molar-refractivity contribution in [1.82, 2.24) is 9.88 Å². The van der Waals surface area contributed by atoms with Crippen LogP contribution in [0.3, 0.4) is 0 Å². The van der Waals surface area contributed by atoms with Gasteiger partial charge in [0.15, 0.2) is 0 Å². The molecule has 0 amide bonds. The molecule has 0 radical (unpaired) electrons. The highest BCUT2D eigenvalue weighted by atomic mass is 35.5. The molecule has 90 valence electrons. The number of halogens is 1. The second-order valence-electron chi connectivity index (χ2n) is 3.89. The molecule has 0 aliphatic rings. The zero-order valence-corrected chi connectivity index (χ0v) is 10.8. The third kappa shape index (κ3) is 3.99. The first-order valence-corrected chi connectivity index (χ1v) is 6.18. The normalized spacial score (nSPS) is 11.0. The van der Waals surface area contributed by atoms with E-state index in [-0.39, 0.29) is 0 Å². The highest BCUT2D eigenvalue weighted by Gasteiger charge is 2.08. The van der Waals surface area contributed by atoms with E-state index in [0.29, 0.717) is 10.8 Å². The fourth-order valence-electron chi connectivity index (χ4n) is 1.55. The van der Waals surface area contributed by atoms with Crippen LogP contribution in [0.25, 0.3) is 0 Å². The standard InChI is InChI=1S/C12H20ClN3/c1-3-5-8-16(4-2)9-11-10(13)6-7-12(14)15-11/h6-7H,3-5,8-9H2,1-2H3,(H2,14,15). The van der Waals surface area contributed by atoms with Gasteiger partial charge in [-0.2, -0.15) is 0 Å². The van der Waals surface area contributed by atoms with Gasteiger partial charge in [-0.15, -0.1) is 0 Å². The number of nitrogens with zero attached hydrogens (tertiary/aromatic N) is 2. The van der Waals surface area contributed by atoms with Crippen LogP contribution >= 0.6 is 11.6 Å². The number of anilines is 1. The predicted octanol–water partition coefficient (Wildman–Crippen LogP) is 2.94. The fourth-order valence-corrected chi connectivity index (χ4v) is 1.72. The Morgan fingerprint density at radius 3 is 2.75 bits per heavy atom. The van der Waals surface area contributed by atoms with Gasteiger partial charge in [-0.25, -0.2) is 4.98 Å². The minimum absolute atomic E-state index is 0.533. The maximum atomic E-state index is 6.09. The van der Waals surface area contributed by atoms with Crippen molar-refractivity contribution in [3.8, 4) is 0 Å². The average Bonchev–Trinajstić information content (AvgIpc) is 2.28. The molecule has 0 fully saturated rings. The van der Waals surface area contributed by atoms with Gasteiger partial charge in [0.2, 0.25) is 0 Å². The summed E-state index contributed by atoms with van der Waals surface area (Å²) in [7, 11) is 0. The van der Waals surface area contributed by atoms with Gasteiger partial charge in [0, 0.05) is 6.54 Å². The summed E-state index contributed by atoms with van der Waals surface area (Å²) in [6.45, 7) is 7.21. The molecule has 1 aromatic rings. The van der Waals surface area contributed by atoms with Crippen LogP contribution in [0.4, 0.5) is 5.82 Å². The highest BCUT2D eigenvalue weighted by molar-refractivity contribution is 6.31. The molecule has 2 N–H and O–H groups in total. The lowest BCUT2D eigenvalue weighted by Crippen LogP contribution is -2.24. The van der Waals surface area contributed by atoms with Crippen LogP contribution in [-0.2, 0) is 6.54 Å². The molecular weight excluding hydrogens is 222 g/mol. The van der Waals surface area contributed by atoms with Crippen LogP contribution in [0.15, 0.2) is 12.1 Å². The van der Waals surface area contributed by atoms with Crippen molar-refractivity contribution in [2.45, 2.75) is 33.2 Å². The van der Waals surface area contributed by atoms with Crippen LogP contribution < -0.4 is 5.73 Å². The first kappa shape index (κ1) is 13.3. The van der Waals surface area contributed by atoms with Crippen LogP contribution in [0.2, 0.25) is 5.02 Å². The van der Waals surface area contributed by atoms with Crippen molar-refractivity contribution in [2.75, 3.05) is 18.8 Å². The summed E-state index contributed by atoms with van der Waals surface area (Å²) >= 11 is 6.09. The summed E-state index contributed by atoms with van der Waals surface area (Å²) in [6, 6.07) is 3.54. The Labute approximate surface area is 103 Å². The zero-order valence-electron chi connectivity index (χ0n) is 10.0. The molecule has 0 aromatic carbocycles. The number of pyridine rings is 1. The highest BCUT2D eigenvalue weighted by Crippen LogP contribution is 2.17. The number of nitrogen functional groups attached to an aromatic ring is 1. The Hall–Kier alpha value is -0.800. The van der Waals surface area contributed by atoms with Gasteiger partial charge < -0.3 is 5.73 Å². The van der Waals surface area contributed by atoms with E-state index in [1.54, 1.807) is 6.07 Å². The monoisotopic (exact) mass is 241 g/mol. The van der Waals surface area contributed by atoms with Gasteiger partial charge in [-0.1, -0.05) is 31.9 Å². The van der Waals surface area contributed by atoms with Crippen molar-refractivity contribution in [3.63, 3.8) is 0 Å². The first-order valence-electron chi connectivity index (χ1n) is 5.80. The lowest BCUT2D eigenvalue weighted by molar-refractivity contribution is 0.272. The Morgan fingerprint density at radius 1 is 1.38 bits per heavy atom. The quantitative estimate of drug-likeness (QED) is 0.833. The maximum absolute atomic E-state index is 6.09. The Balaban J connectivity index is 2.65. The third-order valence-corrected chi connectivity index (χ3v) is 2.93. The van der Waals surface area contributed by atoms with E-state index in [9.17, 15) is 0 Å². The van der Waals surface area contributed by atoms with E-state index in [1.165, 1.54) is 12.8 Å². The lowest BCUT2D eigenvalue weighted by atomic mass is 10.2. The molecule has 0 atom stereocenters. The van der Waals surface area contributed by atoms with Gasteiger partial charge in [0.25, 0.3) is 0 Å². The van der Waals surface area contributed by atoms with Gasteiger partial charge in [-0.3, -0.25) is 4.90 Å². The molecule has 4 heteroatoms. The molecular formula is C12H20ClN3. The minimum atomic E-state index is 0.533. The first-order chi connectivity index (χ1) is 7.67. The van der Waals surface area contributed by atoms with E-state index in [1.807, 2.05) is 6.07 Å². The molecule has 16 heavy (non-hydrogen) atoms.